The molecule has 2 aromatic rings. The van der Waals surface area contributed by atoms with Crippen molar-refractivity contribution >= 4 is 17.0 Å². The molecule has 0 atom stereocenters. The first kappa shape index (κ1) is 11.2. The summed E-state index contributed by atoms with van der Waals surface area (Å²) in [7, 11) is 0. The molecule has 1 saturated carbocycles. The number of anilines is 1. The third-order valence-electron chi connectivity index (χ3n) is 3.09. The Kier molecular flexibility index (Phi) is 2.54. The van der Waals surface area contributed by atoms with Crippen molar-refractivity contribution in [1.82, 2.24) is 14.5 Å². The Hall–Kier alpha value is -1.91. The summed E-state index contributed by atoms with van der Waals surface area (Å²) in [6.45, 7) is 3.97. The highest BCUT2D eigenvalue weighted by Gasteiger charge is 2.22. The lowest BCUT2D eigenvalue weighted by atomic mass is 10.3. The molecule has 0 unspecified atom stereocenters. The summed E-state index contributed by atoms with van der Waals surface area (Å²) in [5, 5.41) is 4.15. The minimum atomic E-state index is -0.0198. The molecule has 2 aromatic heterocycles. The van der Waals surface area contributed by atoms with E-state index >= 15 is 0 Å². The molecular weight excluding hydrogens is 228 g/mol. The number of nitrogens with one attached hydrogen (secondary N) is 1. The summed E-state index contributed by atoms with van der Waals surface area (Å²) >= 11 is 0. The van der Waals surface area contributed by atoms with Gasteiger partial charge in [-0.2, -0.15) is 4.98 Å². The third kappa shape index (κ3) is 1.96. The molecule has 0 aliphatic heterocycles. The molecule has 1 aliphatic carbocycles. The van der Waals surface area contributed by atoms with E-state index in [0.717, 1.165) is 5.39 Å². The highest BCUT2D eigenvalue weighted by atomic mass is 16.1. The molecule has 18 heavy (non-hydrogen) atoms. The van der Waals surface area contributed by atoms with Crippen LogP contribution in [0.25, 0.3) is 11.0 Å². The van der Waals surface area contributed by atoms with Gasteiger partial charge in [0.25, 0.3) is 5.56 Å². The van der Waals surface area contributed by atoms with Crippen LogP contribution >= 0.6 is 0 Å². The number of pyridine rings is 1. The maximum atomic E-state index is 11.9. The lowest BCUT2D eigenvalue weighted by molar-refractivity contribution is 0.595. The Morgan fingerprint density at radius 3 is 2.83 bits per heavy atom. The van der Waals surface area contributed by atoms with Crippen LogP contribution in [0.15, 0.2) is 23.1 Å². The Bertz CT molecular complexity index is 643. The van der Waals surface area contributed by atoms with Gasteiger partial charge in [-0.05, 0) is 32.8 Å². The van der Waals surface area contributed by atoms with Crippen molar-refractivity contribution in [3.8, 4) is 0 Å². The zero-order chi connectivity index (χ0) is 12.7. The lowest BCUT2D eigenvalue weighted by Gasteiger charge is -2.13. The number of rotatable bonds is 3. The van der Waals surface area contributed by atoms with Crippen LogP contribution in [0, 0.1) is 0 Å². The second-order valence-electron chi connectivity index (χ2n) is 5.03. The summed E-state index contributed by atoms with van der Waals surface area (Å²) in [5.41, 5.74) is 0.684. The summed E-state index contributed by atoms with van der Waals surface area (Å²) in [4.78, 5) is 20.7. The lowest BCUT2D eigenvalue weighted by Crippen LogP contribution is -2.22. The van der Waals surface area contributed by atoms with Gasteiger partial charge >= 0.3 is 0 Å². The molecule has 0 bridgehead atoms. The number of aromatic nitrogens is 3. The van der Waals surface area contributed by atoms with Crippen LogP contribution in [0.2, 0.25) is 0 Å². The zero-order valence-electron chi connectivity index (χ0n) is 10.6. The van der Waals surface area contributed by atoms with E-state index in [4.69, 9.17) is 0 Å². The first-order valence-electron chi connectivity index (χ1n) is 6.30. The normalized spacial score (nSPS) is 15.3. The first-order chi connectivity index (χ1) is 8.65. The van der Waals surface area contributed by atoms with E-state index in [-0.39, 0.29) is 11.6 Å². The van der Waals surface area contributed by atoms with E-state index in [0.29, 0.717) is 17.6 Å². The van der Waals surface area contributed by atoms with Gasteiger partial charge in [-0.15, -0.1) is 0 Å². The van der Waals surface area contributed by atoms with Gasteiger partial charge in [-0.25, -0.2) is 4.98 Å². The van der Waals surface area contributed by atoms with Crippen LogP contribution < -0.4 is 10.9 Å². The SMILES string of the molecule is CC(C)n1c(=O)ccc2cnc(NC3CC3)nc21. The average Bonchev–Trinajstić information content (AvgIpc) is 3.12. The Labute approximate surface area is 105 Å². The first-order valence-corrected chi connectivity index (χ1v) is 6.30. The molecule has 2 heterocycles. The fourth-order valence-electron chi connectivity index (χ4n) is 2.02. The predicted molar refractivity (Wildman–Crippen MR) is 70.8 cm³/mol. The molecule has 0 aromatic carbocycles. The maximum Gasteiger partial charge on any atom is 0.252 e. The number of nitrogens with zero attached hydrogens (tertiary/aromatic N) is 3. The van der Waals surface area contributed by atoms with Gasteiger partial charge in [-0.3, -0.25) is 9.36 Å². The van der Waals surface area contributed by atoms with Crippen LogP contribution in [0.5, 0.6) is 0 Å². The quantitative estimate of drug-likeness (QED) is 0.896. The number of fused-ring (bicyclic) bond motifs is 1. The molecule has 94 valence electrons. The smallest absolute Gasteiger partial charge is 0.252 e. The Morgan fingerprint density at radius 2 is 2.17 bits per heavy atom. The van der Waals surface area contributed by atoms with Crippen LogP contribution in [0.4, 0.5) is 5.95 Å². The Morgan fingerprint density at radius 1 is 1.39 bits per heavy atom. The fraction of sp³-hybridized carbons (Fsp3) is 0.462. The highest BCUT2D eigenvalue weighted by Crippen LogP contribution is 2.23. The summed E-state index contributed by atoms with van der Waals surface area (Å²) in [6.07, 6.45) is 4.12. The van der Waals surface area contributed by atoms with Gasteiger partial charge in [0, 0.05) is 29.7 Å². The summed E-state index contributed by atoms with van der Waals surface area (Å²) < 4.78 is 1.70. The van der Waals surface area contributed by atoms with Crippen molar-refractivity contribution in [2.24, 2.45) is 0 Å². The van der Waals surface area contributed by atoms with Crippen LogP contribution in [-0.4, -0.2) is 20.6 Å². The molecule has 0 radical (unpaired) electrons. The fourth-order valence-corrected chi connectivity index (χ4v) is 2.02. The van der Waals surface area contributed by atoms with Crippen molar-refractivity contribution in [3.05, 3.63) is 28.7 Å². The van der Waals surface area contributed by atoms with Gasteiger partial charge in [0.05, 0.1) is 0 Å². The van der Waals surface area contributed by atoms with Crippen molar-refractivity contribution in [1.29, 1.82) is 0 Å². The van der Waals surface area contributed by atoms with Gasteiger partial charge in [0.2, 0.25) is 5.95 Å². The monoisotopic (exact) mass is 244 g/mol. The Balaban J connectivity index is 2.16. The second-order valence-corrected chi connectivity index (χ2v) is 5.03. The van der Waals surface area contributed by atoms with Crippen molar-refractivity contribution in [2.75, 3.05) is 5.32 Å². The second kappa shape index (κ2) is 4.08. The zero-order valence-corrected chi connectivity index (χ0v) is 10.6. The molecule has 5 nitrogen and oxygen atoms in total. The van der Waals surface area contributed by atoms with E-state index in [9.17, 15) is 4.79 Å². The molecule has 0 amide bonds. The van der Waals surface area contributed by atoms with Crippen molar-refractivity contribution < 1.29 is 0 Å². The van der Waals surface area contributed by atoms with Gasteiger partial charge in [0.1, 0.15) is 5.65 Å². The van der Waals surface area contributed by atoms with E-state index in [2.05, 4.69) is 15.3 Å². The van der Waals surface area contributed by atoms with E-state index in [1.54, 1.807) is 22.9 Å². The van der Waals surface area contributed by atoms with Gasteiger partial charge in [-0.1, -0.05) is 0 Å². The van der Waals surface area contributed by atoms with Gasteiger partial charge in [0.15, 0.2) is 0 Å². The molecule has 0 spiro atoms. The predicted octanol–water partition coefficient (Wildman–Crippen LogP) is 1.95. The standard InChI is InChI=1S/C13H16N4O/c1-8(2)17-11(18)6-3-9-7-14-13(16-12(9)17)15-10-4-5-10/h3,6-8,10H,4-5H2,1-2H3,(H,14,15,16). The maximum absolute atomic E-state index is 11.9. The van der Waals surface area contributed by atoms with Gasteiger partial charge < -0.3 is 5.32 Å². The molecule has 1 N–H and O–H groups in total. The number of hydrogen-bond acceptors (Lipinski definition) is 4. The van der Waals surface area contributed by atoms with Crippen LogP contribution in [0.3, 0.4) is 0 Å². The third-order valence-corrected chi connectivity index (χ3v) is 3.09. The van der Waals surface area contributed by atoms with E-state index < -0.39 is 0 Å². The molecule has 0 saturated heterocycles. The highest BCUT2D eigenvalue weighted by molar-refractivity contribution is 5.75. The average molecular weight is 244 g/mol. The summed E-state index contributed by atoms with van der Waals surface area (Å²) in [5.74, 6) is 0.616. The topological polar surface area (TPSA) is 59.8 Å². The molecule has 5 heteroatoms. The van der Waals surface area contributed by atoms with Crippen molar-refractivity contribution in [2.45, 2.75) is 38.8 Å². The summed E-state index contributed by atoms with van der Waals surface area (Å²) in [6, 6.07) is 3.94. The molecule has 1 fully saturated rings. The van der Waals surface area contributed by atoms with E-state index in [1.165, 1.54) is 12.8 Å². The molecule has 3 rings (SSSR count). The minimum absolute atomic E-state index is 0.0198. The largest absolute Gasteiger partial charge is 0.351 e. The van der Waals surface area contributed by atoms with Crippen molar-refractivity contribution in [3.63, 3.8) is 0 Å². The van der Waals surface area contributed by atoms with Crippen LogP contribution in [0.1, 0.15) is 32.7 Å². The molecular formula is C13H16N4O. The number of hydrogen-bond donors (Lipinski definition) is 1. The minimum Gasteiger partial charge on any atom is -0.351 e. The molecule has 1 aliphatic rings. The van der Waals surface area contributed by atoms with E-state index in [1.807, 2.05) is 13.8 Å². The van der Waals surface area contributed by atoms with Crippen LogP contribution in [-0.2, 0) is 0 Å².